The lowest BCUT2D eigenvalue weighted by atomic mass is 9.79. The average molecular weight is 521 g/mol. The highest BCUT2D eigenvalue weighted by Gasteiger charge is 2.31. The summed E-state index contributed by atoms with van der Waals surface area (Å²) >= 11 is 0. The molecule has 0 radical (unpaired) electrons. The van der Waals surface area contributed by atoms with Gasteiger partial charge in [0.2, 0.25) is 0 Å². The van der Waals surface area contributed by atoms with Gasteiger partial charge in [0.15, 0.2) is 0 Å². The SMILES string of the molecule is OB(O)c1ccc(C2CCC(C3CCCC3)CO2)cc1.Oc1ccc(C2CCC(C3CCCC3)CO2)cc1. The maximum absolute atomic E-state index is 9.30. The van der Waals surface area contributed by atoms with E-state index in [9.17, 15) is 5.11 Å². The van der Waals surface area contributed by atoms with Crippen molar-refractivity contribution in [1.82, 2.24) is 0 Å². The summed E-state index contributed by atoms with van der Waals surface area (Å²) in [7, 11) is -1.39. The van der Waals surface area contributed by atoms with Crippen molar-refractivity contribution < 1.29 is 24.6 Å². The highest BCUT2D eigenvalue weighted by atomic mass is 16.5. The van der Waals surface area contributed by atoms with Crippen molar-refractivity contribution in [1.29, 1.82) is 0 Å². The van der Waals surface area contributed by atoms with E-state index >= 15 is 0 Å². The quantitative estimate of drug-likeness (QED) is 0.417. The Morgan fingerprint density at radius 3 is 1.32 bits per heavy atom. The van der Waals surface area contributed by atoms with Gasteiger partial charge >= 0.3 is 7.12 Å². The number of phenols is 1. The zero-order valence-corrected chi connectivity index (χ0v) is 22.7. The number of phenolic OH excluding ortho intramolecular Hbond substituents is 1. The second kappa shape index (κ2) is 13.5. The molecule has 206 valence electrons. The second-order valence-corrected chi connectivity index (χ2v) is 12.0. The standard InChI is InChI=1S/C16H23BO3.C16H22O2/c18-17(19)15-8-5-13(6-9-15)16-10-7-14(11-20-16)12-3-1-2-4-12;17-15-8-5-13(6-9-15)16-10-7-14(11-18-16)12-3-1-2-4-12/h5-6,8-9,12,14,16,18-19H,1-4,7,10-11H2;5-6,8-9,12,14,16-17H,1-4,7,10-11H2. The predicted octanol–water partition coefficient (Wildman–Crippen LogP) is 6.07. The largest absolute Gasteiger partial charge is 0.508 e. The van der Waals surface area contributed by atoms with E-state index in [1.807, 2.05) is 24.3 Å². The van der Waals surface area contributed by atoms with Crippen LogP contribution in [0.3, 0.4) is 0 Å². The molecule has 38 heavy (non-hydrogen) atoms. The van der Waals surface area contributed by atoms with Gasteiger partial charge in [-0.2, -0.15) is 0 Å². The molecule has 2 saturated carbocycles. The van der Waals surface area contributed by atoms with E-state index < -0.39 is 7.12 Å². The summed E-state index contributed by atoms with van der Waals surface area (Å²) in [5, 5.41) is 27.5. The van der Waals surface area contributed by atoms with Gasteiger partial charge in [0.05, 0.1) is 25.4 Å². The fourth-order valence-electron chi connectivity index (χ4n) is 7.24. The molecule has 0 amide bonds. The van der Waals surface area contributed by atoms with Crippen molar-refractivity contribution in [3.05, 3.63) is 59.7 Å². The molecule has 0 aromatic heterocycles. The summed E-state index contributed by atoms with van der Waals surface area (Å²) in [6.07, 6.45) is 16.4. The number of rotatable bonds is 5. The lowest BCUT2D eigenvalue weighted by Crippen LogP contribution is -2.30. The van der Waals surface area contributed by atoms with Crippen molar-refractivity contribution in [2.24, 2.45) is 23.7 Å². The Balaban J connectivity index is 0.000000156. The Labute approximate surface area is 228 Å². The molecule has 2 heterocycles. The van der Waals surface area contributed by atoms with E-state index in [-0.39, 0.29) is 12.2 Å². The summed E-state index contributed by atoms with van der Waals surface area (Å²) in [6, 6.07) is 14.9. The summed E-state index contributed by atoms with van der Waals surface area (Å²) in [6.45, 7) is 1.82. The molecule has 2 aromatic carbocycles. The van der Waals surface area contributed by atoms with Gasteiger partial charge < -0.3 is 24.6 Å². The van der Waals surface area contributed by atoms with E-state index in [0.29, 0.717) is 11.2 Å². The van der Waals surface area contributed by atoms with Crippen LogP contribution in [0.4, 0.5) is 0 Å². The second-order valence-electron chi connectivity index (χ2n) is 12.0. The Morgan fingerprint density at radius 2 is 0.947 bits per heavy atom. The zero-order chi connectivity index (χ0) is 26.3. The van der Waals surface area contributed by atoms with E-state index in [1.54, 1.807) is 24.3 Å². The van der Waals surface area contributed by atoms with Crippen LogP contribution in [0.1, 0.15) is 100 Å². The summed E-state index contributed by atoms with van der Waals surface area (Å²) in [4.78, 5) is 0. The molecule has 2 aromatic rings. The molecule has 2 aliphatic carbocycles. The molecule has 4 unspecified atom stereocenters. The third kappa shape index (κ3) is 7.21. The van der Waals surface area contributed by atoms with E-state index in [2.05, 4.69) is 0 Å². The van der Waals surface area contributed by atoms with Crippen LogP contribution in [0, 0.1) is 23.7 Å². The summed E-state index contributed by atoms with van der Waals surface area (Å²) in [5.74, 6) is 3.69. The van der Waals surface area contributed by atoms with Crippen molar-refractivity contribution in [2.75, 3.05) is 13.2 Å². The van der Waals surface area contributed by atoms with Gasteiger partial charge in [0, 0.05) is 0 Å². The molecule has 4 fully saturated rings. The van der Waals surface area contributed by atoms with Gasteiger partial charge in [0.1, 0.15) is 5.75 Å². The van der Waals surface area contributed by atoms with Crippen LogP contribution in [0.25, 0.3) is 0 Å². The van der Waals surface area contributed by atoms with Gasteiger partial charge in [-0.1, -0.05) is 87.8 Å². The fourth-order valence-corrected chi connectivity index (χ4v) is 7.24. The number of benzene rings is 2. The van der Waals surface area contributed by atoms with E-state index in [0.717, 1.165) is 55.3 Å². The number of aromatic hydroxyl groups is 1. The van der Waals surface area contributed by atoms with Crippen LogP contribution in [-0.4, -0.2) is 35.5 Å². The van der Waals surface area contributed by atoms with Gasteiger partial charge in [-0.25, -0.2) is 0 Å². The minimum atomic E-state index is -1.39. The molecule has 6 heteroatoms. The van der Waals surface area contributed by atoms with Gasteiger partial charge in [-0.3, -0.25) is 0 Å². The normalized spacial score (nSPS) is 28.6. The smallest absolute Gasteiger partial charge is 0.488 e. The Bertz CT molecular complexity index is 950. The molecule has 2 saturated heterocycles. The lowest BCUT2D eigenvalue weighted by Gasteiger charge is -2.32. The first-order valence-corrected chi connectivity index (χ1v) is 15.0. The van der Waals surface area contributed by atoms with Crippen LogP contribution in [0.15, 0.2) is 48.5 Å². The molecule has 4 atom stereocenters. The van der Waals surface area contributed by atoms with Crippen LogP contribution in [0.2, 0.25) is 0 Å². The molecular weight excluding hydrogens is 475 g/mol. The number of hydrogen-bond donors (Lipinski definition) is 3. The first kappa shape index (κ1) is 27.7. The molecular formula is C32H45BO5. The predicted molar refractivity (Wildman–Crippen MR) is 151 cm³/mol. The van der Waals surface area contributed by atoms with Crippen molar-refractivity contribution in [3.8, 4) is 5.75 Å². The zero-order valence-electron chi connectivity index (χ0n) is 22.7. The topological polar surface area (TPSA) is 79.2 Å². The molecule has 5 nitrogen and oxygen atoms in total. The molecule has 2 aliphatic heterocycles. The van der Waals surface area contributed by atoms with Gasteiger partial charge in [0.25, 0.3) is 0 Å². The number of hydrogen-bond acceptors (Lipinski definition) is 5. The minimum absolute atomic E-state index is 0.178. The summed E-state index contributed by atoms with van der Waals surface area (Å²) < 4.78 is 12.1. The first-order valence-electron chi connectivity index (χ1n) is 15.0. The molecule has 0 spiro atoms. The van der Waals surface area contributed by atoms with E-state index in [4.69, 9.17) is 19.5 Å². The third-order valence-corrected chi connectivity index (χ3v) is 9.63. The summed E-state index contributed by atoms with van der Waals surface area (Å²) in [5.41, 5.74) is 2.89. The Hall–Kier alpha value is -1.86. The van der Waals surface area contributed by atoms with Crippen molar-refractivity contribution >= 4 is 12.6 Å². The molecule has 6 rings (SSSR count). The lowest BCUT2D eigenvalue weighted by molar-refractivity contribution is -0.0329. The Morgan fingerprint density at radius 1 is 0.526 bits per heavy atom. The maximum atomic E-state index is 9.30. The van der Waals surface area contributed by atoms with Gasteiger partial charge in [-0.05, 0) is 78.1 Å². The van der Waals surface area contributed by atoms with Gasteiger partial charge in [-0.15, -0.1) is 0 Å². The van der Waals surface area contributed by atoms with Crippen molar-refractivity contribution in [3.63, 3.8) is 0 Å². The minimum Gasteiger partial charge on any atom is -0.508 e. The fraction of sp³-hybridized carbons (Fsp3) is 0.625. The third-order valence-electron chi connectivity index (χ3n) is 9.63. The molecule has 3 N–H and O–H groups in total. The molecule has 4 aliphatic rings. The van der Waals surface area contributed by atoms with Crippen molar-refractivity contribution in [2.45, 2.75) is 89.3 Å². The highest BCUT2D eigenvalue weighted by Crippen LogP contribution is 2.41. The Kier molecular flexibility index (Phi) is 9.82. The van der Waals surface area contributed by atoms with Crippen LogP contribution < -0.4 is 5.46 Å². The first-order chi connectivity index (χ1) is 18.6. The van der Waals surface area contributed by atoms with Crippen LogP contribution in [-0.2, 0) is 9.47 Å². The number of ether oxygens (including phenoxy) is 2. The molecule has 0 bridgehead atoms. The van der Waals surface area contributed by atoms with E-state index in [1.165, 1.54) is 69.8 Å². The van der Waals surface area contributed by atoms with Crippen LogP contribution in [0.5, 0.6) is 5.75 Å². The monoisotopic (exact) mass is 520 g/mol. The highest BCUT2D eigenvalue weighted by molar-refractivity contribution is 6.58. The maximum Gasteiger partial charge on any atom is 0.488 e. The average Bonchev–Trinajstić information content (AvgIpc) is 3.70. The van der Waals surface area contributed by atoms with Crippen LogP contribution >= 0.6 is 0 Å².